The zero-order valence-electron chi connectivity index (χ0n) is 19.8. The van der Waals surface area contributed by atoms with E-state index in [0.717, 1.165) is 71.2 Å². The number of esters is 1. The fourth-order valence-corrected chi connectivity index (χ4v) is 4.27. The van der Waals surface area contributed by atoms with Crippen molar-refractivity contribution in [1.82, 2.24) is 0 Å². The first-order chi connectivity index (χ1) is 17.2. The van der Waals surface area contributed by atoms with E-state index in [9.17, 15) is 4.79 Å². The van der Waals surface area contributed by atoms with Crippen molar-refractivity contribution >= 4 is 34.8 Å². The molecule has 5 rings (SSSR count). The van der Waals surface area contributed by atoms with Gasteiger partial charge in [0.05, 0.1) is 33.0 Å². The van der Waals surface area contributed by atoms with Crippen LogP contribution in [-0.4, -0.2) is 46.5 Å². The smallest absolute Gasteiger partial charge is 0.337 e. The van der Waals surface area contributed by atoms with E-state index in [4.69, 9.17) is 18.6 Å². The molecule has 0 amide bonds. The maximum atomic E-state index is 11.8. The summed E-state index contributed by atoms with van der Waals surface area (Å²) in [5.41, 5.74) is 5.44. The molecule has 1 aliphatic rings. The lowest BCUT2D eigenvalue weighted by Gasteiger charge is -2.28. The highest BCUT2D eigenvalue weighted by Crippen LogP contribution is 2.37. The second-order valence-electron chi connectivity index (χ2n) is 8.30. The van der Waals surface area contributed by atoms with E-state index >= 15 is 0 Å². The molecule has 1 fully saturated rings. The number of ether oxygens (including phenoxy) is 3. The van der Waals surface area contributed by atoms with Gasteiger partial charge in [0.15, 0.2) is 0 Å². The van der Waals surface area contributed by atoms with Crippen molar-refractivity contribution in [2.75, 3.05) is 45.4 Å². The molecule has 0 N–H and O–H groups in total. The standard InChI is InChI=1S/C29H27NO5/c1-32-24-11-8-21(9-12-24)28-25(13-5-20-3-6-22(7-4-20)29(31)33-2)26-19-23(10-14-27(26)35-28)30-15-17-34-18-16-30/h3-14,19H,15-18H2,1-2H3. The molecular formula is C29H27NO5. The molecule has 0 bridgehead atoms. The third-order valence-corrected chi connectivity index (χ3v) is 6.21. The van der Waals surface area contributed by atoms with E-state index in [1.54, 1.807) is 19.2 Å². The molecule has 0 aliphatic carbocycles. The second-order valence-corrected chi connectivity index (χ2v) is 8.30. The summed E-state index contributed by atoms with van der Waals surface area (Å²) in [5, 5.41) is 1.04. The number of benzene rings is 3. The van der Waals surface area contributed by atoms with Crippen molar-refractivity contribution < 1.29 is 23.4 Å². The Hall–Kier alpha value is -4.03. The first kappa shape index (κ1) is 22.7. The summed E-state index contributed by atoms with van der Waals surface area (Å²) in [6.45, 7) is 3.20. The largest absolute Gasteiger partial charge is 0.497 e. The molecule has 3 aromatic carbocycles. The molecule has 35 heavy (non-hydrogen) atoms. The number of anilines is 1. The van der Waals surface area contributed by atoms with E-state index in [0.29, 0.717) is 5.56 Å². The number of fused-ring (bicyclic) bond motifs is 1. The summed E-state index contributed by atoms with van der Waals surface area (Å²) in [5.74, 6) is 1.24. The van der Waals surface area contributed by atoms with Crippen molar-refractivity contribution in [3.8, 4) is 17.1 Å². The molecule has 1 aliphatic heterocycles. The molecule has 0 atom stereocenters. The Balaban J connectivity index is 1.57. The van der Waals surface area contributed by atoms with Gasteiger partial charge in [-0.15, -0.1) is 0 Å². The third kappa shape index (κ3) is 4.79. The molecule has 0 spiro atoms. The van der Waals surface area contributed by atoms with Gasteiger partial charge in [-0.25, -0.2) is 4.79 Å². The van der Waals surface area contributed by atoms with Gasteiger partial charge in [0.1, 0.15) is 17.1 Å². The lowest BCUT2D eigenvalue weighted by atomic mass is 10.0. The molecule has 0 saturated carbocycles. The average molecular weight is 470 g/mol. The summed E-state index contributed by atoms with van der Waals surface area (Å²) in [7, 11) is 3.04. The van der Waals surface area contributed by atoms with Gasteiger partial charge in [0.2, 0.25) is 0 Å². The Bertz CT molecular complexity index is 1350. The number of furan rings is 1. The summed E-state index contributed by atoms with van der Waals surface area (Å²) < 4.78 is 22.0. The normalized spacial score (nSPS) is 13.9. The fraction of sp³-hybridized carbons (Fsp3) is 0.207. The van der Waals surface area contributed by atoms with Crippen molar-refractivity contribution in [3.63, 3.8) is 0 Å². The lowest BCUT2D eigenvalue weighted by Crippen LogP contribution is -2.36. The highest BCUT2D eigenvalue weighted by atomic mass is 16.5. The Morgan fingerprint density at radius 1 is 0.914 bits per heavy atom. The first-order valence-corrected chi connectivity index (χ1v) is 11.6. The van der Waals surface area contributed by atoms with Crippen LogP contribution >= 0.6 is 0 Å². The molecule has 1 aromatic heterocycles. The van der Waals surface area contributed by atoms with Crippen molar-refractivity contribution in [3.05, 3.63) is 83.4 Å². The summed E-state index contributed by atoms with van der Waals surface area (Å²) in [4.78, 5) is 14.1. The molecular weight excluding hydrogens is 442 g/mol. The van der Waals surface area contributed by atoms with Crippen molar-refractivity contribution in [2.45, 2.75) is 0 Å². The third-order valence-electron chi connectivity index (χ3n) is 6.21. The summed E-state index contributed by atoms with van der Waals surface area (Å²) in [6.07, 6.45) is 4.10. The van der Waals surface area contributed by atoms with Gasteiger partial charge in [-0.3, -0.25) is 0 Å². The van der Waals surface area contributed by atoms with E-state index in [1.165, 1.54) is 7.11 Å². The van der Waals surface area contributed by atoms with E-state index in [2.05, 4.69) is 23.1 Å². The Morgan fingerprint density at radius 2 is 1.66 bits per heavy atom. The van der Waals surface area contributed by atoms with Crippen LogP contribution in [0.25, 0.3) is 34.4 Å². The number of nitrogens with zero attached hydrogens (tertiary/aromatic N) is 1. The van der Waals surface area contributed by atoms with Gasteiger partial charge >= 0.3 is 5.97 Å². The fourth-order valence-electron chi connectivity index (χ4n) is 4.27. The average Bonchev–Trinajstić information content (AvgIpc) is 3.30. The summed E-state index contributed by atoms with van der Waals surface area (Å²) >= 11 is 0. The second kappa shape index (κ2) is 10.1. The Labute approximate surface area is 204 Å². The predicted octanol–water partition coefficient (Wildman–Crippen LogP) is 5.90. The lowest BCUT2D eigenvalue weighted by molar-refractivity contribution is 0.0600. The van der Waals surface area contributed by atoms with Crippen molar-refractivity contribution in [1.29, 1.82) is 0 Å². The van der Waals surface area contributed by atoms with Crippen LogP contribution in [0.4, 0.5) is 5.69 Å². The number of carbonyl (C=O) groups excluding carboxylic acids is 1. The monoisotopic (exact) mass is 469 g/mol. The molecule has 2 heterocycles. The van der Waals surface area contributed by atoms with Crippen LogP contribution < -0.4 is 9.64 Å². The van der Waals surface area contributed by atoms with Crippen LogP contribution in [0.15, 0.2) is 71.1 Å². The topological polar surface area (TPSA) is 61.1 Å². The minimum Gasteiger partial charge on any atom is -0.497 e. The van der Waals surface area contributed by atoms with Crippen LogP contribution in [0.1, 0.15) is 21.5 Å². The van der Waals surface area contributed by atoms with Crippen LogP contribution in [0.5, 0.6) is 5.75 Å². The number of morpholine rings is 1. The van der Waals surface area contributed by atoms with Crippen LogP contribution in [0.3, 0.4) is 0 Å². The molecule has 178 valence electrons. The number of methoxy groups -OCH3 is 2. The van der Waals surface area contributed by atoms with Gasteiger partial charge in [-0.2, -0.15) is 0 Å². The Kier molecular flexibility index (Phi) is 6.55. The minimum atomic E-state index is -0.348. The number of hydrogen-bond donors (Lipinski definition) is 0. The molecule has 0 unspecified atom stereocenters. The highest BCUT2D eigenvalue weighted by molar-refractivity contribution is 5.98. The van der Waals surface area contributed by atoms with Crippen LogP contribution in [-0.2, 0) is 9.47 Å². The minimum absolute atomic E-state index is 0.348. The van der Waals surface area contributed by atoms with Gasteiger partial charge in [-0.05, 0) is 66.2 Å². The van der Waals surface area contributed by atoms with E-state index < -0.39 is 0 Å². The number of carbonyl (C=O) groups is 1. The van der Waals surface area contributed by atoms with Crippen molar-refractivity contribution in [2.24, 2.45) is 0 Å². The molecule has 4 aromatic rings. The van der Waals surface area contributed by atoms with Gasteiger partial charge in [-0.1, -0.05) is 18.2 Å². The molecule has 6 nitrogen and oxygen atoms in total. The highest BCUT2D eigenvalue weighted by Gasteiger charge is 2.18. The van der Waals surface area contributed by atoms with Crippen LogP contribution in [0.2, 0.25) is 0 Å². The number of rotatable bonds is 6. The number of hydrogen-bond acceptors (Lipinski definition) is 6. The Morgan fingerprint density at radius 3 is 2.34 bits per heavy atom. The molecule has 0 radical (unpaired) electrons. The van der Waals surface area contributed by atoms with Crippen LogP contribution in [0, 0.1) is 0 Å². The van der Waals surface area contributed by atoms with Gasteiger partial charge < -0.3 is 23.5 Å². The van der Waals surface area contributed by atoms with Gasteiger partial charge in [0, 0.05) is 35.3 Å². The molecule has 1 saturated heterocycles. The SMILES string of the molecule is COC(=O)c1ccc(C=Cc2c(-c3ccc(OC)cc3)oc3ccc(N4CCOCC4)cc23)cc1. The maximum absolute atomic E-state index is 11.8. The van der Waals surface area contributed by atoms with E-state index in [1.807, 2.05) is 48.5 Å². The zero-order valence-corrected chi connectivity index (χ0v) is 19.8. The predicted molar refractivity (Wildman–Crippen MR) is 138 cm³/mol. The summed E-state index contributed by atoms with van der Waals surface area (Å²) in [6, 6.07) is 21.5. The van der Waals surface area contributed by atoms with Gasteiger partial charge in [0.25, 0.3) is 0 Å². The van der Waals surface area contributed by atoms with E-state index in [-0.39, 0.29) is 5.97 Å². The zero-order chi connectivity index (χ0) is 24.2. The molecule has 6 heteroatoms. The maximum Gasteiger partial charge on any atom is 0.337 e. The first-order valence-electron chi connectivity index (χ1n) is 11.6. The quantitative estimate of drug-likeness (QED) is 0.328.